The largest absolute Gasteiger partial charge is 0.497 e. The maximum absolute atomic E-state index is 12.5. The number of rotatable bonds is 5. The molecule has 0 bridgehead atoms. The second kappa shape index (κ2) is 9.23. The van der Waals surface area contributed by atoms with Gasteiger partial charge in [0.15, 0.2) is 0 Å². The Bertz CT molecular complexity index is 1070. The minimum Gasteiger partial charge on any atom is -0.497 e. The summed E-state index contributed by atoms with van der Waals surface area (Å²) < 4.78 is 12.8. The number of fused-ring (bicyclic) bond motifs is 1. The molecule has 0 N–H and O–H groups in total. The van der Waals surface area contributed by atoms with Gasteiger partial charge >= 0.3 is 6.09 Å². The third-order valence-corrected chi connectivity index (χ3v) is 5.89. The lowest BCUT2D eigenvalue weighted by molar-refractivity contribution is 0.0166. The highest BCUT2D eigenvalue weighted by Gasteiger charge is 2.27. The molecule has 0 radical (unpaired) electrons. The van der Waals surface area contributed by atoms with Gasteiger partial charge in [-0.05, 0) is 81.3 Å². The Labute approximate surface area is 190 Å². The van der Waals surface area contributed by atoms with Crippen molar-refractivity contribution in [3.05, 3.63) is 59.8 Å². The van der Waals surface area contributed by atoms with Crippen LogP contribution < -0.4 is 4.74 Å². The van der Waals surface area contributed by atoms with Gasteiger partial charge in [-0.15, -0.1) is 0 Å². The lowest BCUT2D eigenvalue weighted by Gasteiger charge is -2.34. The number of nitrogens with zero attached hydrogens (tertiary/aromatic N) is 3. The number of carbonyl (C=O) groups is 1. The third kappa shape index (κ3) is 5.42. The fraction of sp³-hybridized carbons (Fsp3) is 0.462. The van der Waals surface area contributed by atoms with Crippen LogP contribution in [0.15, 0.2) is 48.7 Å². The smallest absolute Gasteiger partial charge is 0.410 e. The fourth-order valence-corrected chi connectivity index (χ4v) is 4.35. The fourth-order valence-electron chi connectivity index (χ4n) is 4.35. The van der Waals surface area contributed by atoms with Gasteiger partial charge in [0.05, 0.1) is 25.4 Å². The number of amides is 1. The predicted octanol–water partition coefficient (Wildman–Crippen LogP) is 5.28. The second-order valence-electron chi connectivity index (χ2n) is 9.68. The summed E-state index contributed by atoms with van der Waals surface area (Å²) in [5.41, 5.74) is 3.14. The van der Waals surface area contributed by atoms with Crippen LogP contribution in [0.2, 0.25) is 0 Å². The summed E-state index contributed by atoms with van der Waals surface area (Å²) in [5, 5.41) is 5.76. The molecule has 1 aliphatic rings. The zero-order chi connectivity index (χ0) is 22.7. The van der Waals surface area contributed by atoms with Crippen molar-refractivity contribution in [2.24, 2.45) is 5.92 Å². The maximum Gasteiger partial charge on any atom is 0.410 e. The molecule has 1 saturated heterocycles. The van der Waals surface area contributed by atoms with Crippen LogP contribution in [-0.2, 0) is 17.7 Å². The molecule has 1 atom stereocenters. The zero-order valence-electron chi connectivity index (χ0n) is 19.5. The van der Waals surface area contributed by atoms with E-state index in [4.69, 9.17) is 9.47 Å². The van der Waals surface area contributed by atoms with Crippen LogP contribution in [0.25, 0.3) is 10.9 Å². The molecule has 0 saturated carbocycles. The highest BCUT2D eigenvalue weighted by Crippen LogP contribution is 2.25. The van der Waals surface area contributed by atoms with Crippen LogP contribution in [-0.4, -0.2) is 46.6 Å². The Hall–Kier alpha value is -3.02. The molecule has 0 spiro atoms. The second-order valence-corrected chi connectivity index (χ2v) is 9.68. The first kappa shape index (κ1) is 22.2. The summed E-state index contributed by atoms with van der Waals surface area (Å²) >= 11 is 0. The van der Waals surface area contributed by atoms with Crippen molar-refractivity contribution >= 4 is 17.0 Å². The van der Waals surface area contributed by atoms with E-state index in [1.165, 1.54) is 11.1 Å². The van der Waals surface area contributed by atoms with Crippen molar-refractivity contribution in [3.63, 3.8) is 0 Å². The van der Waals surface area contributed by atoms with E-state index in [1.54, 1.807) is 7.11 Å². The van der Waals surface area contributed by atoms with Gasteiger partial charge in [-0.25, -0.2) is 4.79 Å². The summed E-state index contributed by atoms with van der Waals surface area (Å²) in [5.74, 6) is 1.31. The molecule has 1 aromatic heterocycles. The van der Waals surface area contributed by atoms with Gasteiger partial charge in [0.25, 0.3) is 0 Å². The van der Waals surface area contributed by atoms with E-state index < -0.39 is 5.60 Å². The molecule has 0 aliphatic carbocycles. The Morgan fingerprint density at radius 2 is 1.88 bits per heavy atom. The number of ether oxygens (including phenoxy) is 2. The SMILES string of the molecule is COc1ccc(Cn2ncc3cc(CC4CCCN(C(=O)OC(C)(C)C)C4)ccc32)cc1. The standard InChI is InChI=1S/C26H33N3O3/c1-26(2,3)32-25(30)28-13-5-6-21(17-28)14-20-9-12-24-22(15-20)16-27-29(24)18-19-7-10-23(31-4)11-8-19/h7-12,15-16,21H,5-6,13-14,17-18H2,1-4H3. The molecule has 1 fully saturated rings. The summed E-state index contributed by atoms with van der Waals surface area (Å²) in [6, 6.07) is 14.7. The lowest BCUT2D eigenvalue weighted by Crippen LogP contribution is -2.43. The van der Waals surface area contributed by atoms with Gasteiger partial charge in [0, 0.05) is 18.5 Å². The van der Waals surface area contributed by atoms with Crippen LogP contribution in [0.5, 0.6) is 5.75 Å². The van der Waals surface area contributed by atoms with Gasteiger partial charge < -0.3 is 14.4 Å². The molecule has 1 aliphatic heterocycles. The number of likely N-dealkylation sites (tertiary alicyclic amines) is 1. The number of carbonyl (C=O) groups excluding carboxylic acids is 1. The highest BCUT2D eigenvalue weighted by molar-refractivity contribution is 5.79. The van der Waals surface area contributed by atoms with Gasteiger partial charge in [-0.3, -0.25) is 4.68 Å². The van der Waals surface area contributed by atoms with Gasteiger partial charge in [0.1, 0.15) is 11.4 Å². The predicted molar refractivity (Wildman–Crippen MR) is 126 cm³/mol. The van der Waals surface area contributed by atoms with Crippen molar-refractivity contribution in [2.45, 2.75) is 52.2 Å². The van der Waals surface area contributed by atoms with Gasteiger partial charge in [0.2, 0.25) is 0 Å². The number of aromatic nitrogens is 2. The molecular formula is C26H33N3O3. The maximum atomic E-state index is 12.5. The molecule has 32 heavy (non-hydrogen) atoms. The van der Waals surface area contributed by atoms with E-state index in [0.717, 1.165) is 55.5 Å². The average Bonchev–Trinajstić information content (AvgIpc) is 3.15. The molecule has 2 heterocycles. The van der Waals surface area contributed by atoms with E-state index >= 15 is 0 Å². The number of hydrogen-bond acceptors (Lipinski definition) is 4. The molecule has 3 aromatic rings. The number of piperidine rings is 1. The van der Waals surface area contributed by atoms with Crippen LogP contribution in [0.1, 0.15) is 44.7 Å². The minimum atomic E-state index is -0.457. The molecular weight excluding hydrogens is 402 g/mol. The Balaban J connectivity index is 1.41. The topological polar surface area (TPSA) is 56.6 Å². The van der Waals surface area contributed by atoms with Crippen LogP contribution in [0.4, 0.5) is 4.79 Å². The minimum absolute atomic E-state index is 0.197. The third-order valence-electron chi connectivity index (χ3n) is 5.89. The van der Waals surface area contributed by atoms with E-state index in [1.807, 2.05) is 48.7 Å². The van der Waals surface area contributed by atoms with Crippen LogP contribution >= 0.6 is 0 Å². The van der Waals surface area contributed by atoms with Crippen molar-refractivity contribution in [1.29, 1.82) is 0 Å². The highest BCUT2D eigenvalue weighted by atomic mass is 16.6. The number of methoxy groups -OCH3 is 1. The van der Waals surface area contributed by atoms with Crippen molar-refractivity contribution in [2.75, 3.05) is 20.2 Å². The van der Waals surface area contributed by atoms with Crippen molar-refractivity contribution in [1.82, 2.24) is 14.7 Å². The first-order chi connectivity index (χ1) is 15.3. The quantitative estimate of drug-likeness (QED) is 0.547. The van der Waals surface area contributed by atoms with Crippen LogP contribution in [0.3, 0.4) is 0 Å². The molecule has 4 rings (SSSR count). The molecule has 6 heteroatoms. The Morgan fingerprint density at radius 1 is 1.12 bits per heavy atom. The van der Waals surface area contributed by atoms with E-state index in [-0.39, 0.29) is 6.09 Å². The first-order valence-corrected chi connectivity index (χ1v) is 11.4. The molecule has 170 valence electrons. The first-order valence-electron chi connectivity index (χ1n) is 11.4. The molecule has 6 nitrogen and oxygen atoms in total. The summed E-state index contributed by atoms with van der Waals surface area (Å²) in [6.07, 6.45) is 4.85. The number of benzene rings is 2. The molecule has 2 aromatic carbocycles. The molecule has 1 amide bonds. The van der Waals surface area contributed by atoms with E-state index in [9.17, 15) is 4.79 Å². The van der Waals surface area contributed by atoms with Gasteiger partial charge in [-0.2, -0.15) is 5.10 Å². The normalized spacial score (nSPS) is 16.9. The monoisotopic (exact) mass is 435 g/mol. The average molecular weight is 436 g/mol. The summed E-state index contributed by atoms with van der Waals surface area (Å²) in [4.78, 5) is 14.3. The van der Waals surface area contributed by atoms with Crippen LogP contribution in [0, 0.1) is 5.92 Å². The Kier molecular flexibility index (Phi) is 6.40. The lowest BCUT2D eigenvalue weighted by atomic mass is 9.91. The number of hydrogen-bond donors (Lipinski definition) is 0. The van der Waals surface area contributed by atoms with Crippen molar-refractivity contribution in [3.8, 4) is 5.75 Å². The molecule has 1 unspecified atom stereocenters. The zero-order valence-corrected chi connectivity index (χ0v) is 19.5. The Morgan fingerprint density at radius 3 is 2.59 bits per heavy atom. The van der Waals surface area contributed by atoms with Crippen molar-refractivity contribution < 1.29 is 14.3 Å². The van der Waals surface area contributed by atoms with E-state index in [0.29, 0.717) is 5.92 Å². The summed E-state index contributed by atoms with van der Waals surface area (Å²) in [7, 11) is 1.68. The van der Waals surface area contributed by atoms with E-state index in [2.05, 4.69) is 35.4 Å². The summed E-state index contributed by atoms with van der Waals surface area (Å²) in [6.45, 7) is 8.00. The van der Waals surface area contributed by atoms with Gasteiger partial charge in [-0.1, -0.05) is 18.2 Å².